The van der Waals surface area contributed by atoms with Crippen LogP contribution in [0, 0.1) is 0 Å². The van der Waals surface area contributed by atoms with Crippen molar-refractivity contribution in [2.24, 2.45) is 15.7 Å². The number of hydrogen-bond donors (Lipinski definition) is 1. The summed E-state index contributed by atoms with van der Waals surface area (Å²) in [6.45, 7) is 6.97. The Morgan fingerprint density at radius 3 is 2.60 bits per heavy atom. The smallest absolute Gasteiger partial charge is 0.149 e. The van der Waals surface area contributed by atoms with Crippen molar-refractivity contribution in [1.82, 2.24) is 4.90 Å². The number of rotatable bonds is 4. The van der Waals surface area contributed by atoms with Gasteiger partial charge in [-0.1, -0.05) is 6.58 Å². The lowest BCUT2D eigenvalue weighted by atomic mass is 9.93. The number of aliphatic imine (C=N–C) groups is 2. The topological polar surface area (TPSA) is 72.4 Å². The van der Waals surface area contributed by atoms with Gasteiger partial charge in [-0.2, -0.15) is 0 Å². The summed E-state index contributed by atoms with van der Waals surface area (Å²) in [5, 5.41) is 0. The molecule has 1 saturated heterocycles. The molecule has 0 bridgehead atoms. The molecule has 0 spiro atoms. The maximum atomic E-state index is 6.35. The van der Waals surface area contributed by atoms with E-state index in [1.54, 1.807) is 13.2 Å². The molecule has 3 aliphatic rings. The molecule has 25 heavy (non-hydrogen) atoms. The van der Waals surface area contributed by atoms with E-state index in [1.807, 2.05) is 0 Å². The molecule has 0 aromatic heterocycles. The van der Waals surface area contributed by atoms with E-state index in [-0.39, 0.29) is 6.10 Å². The molecule has 1 heterocycles. The van der Waals surface area contributed by atoms with Crippen molar-refractivity contribution in [3.63, 3.8) is 0 Å². The SMILES string of the molecule is C=C/N=C1/C(O[C@H]2CC[C@@H](N)CC2)=CC(N2CCOCC2)=C/C1=N/C. The van der Waals surface area contributed by atoms with Crippen molar-refractivity contribution in [2.45, 2.75) is 37.8 Å². The van der Waals surface area contributed by atoms with Gasteiger partial charge in [0.05, 0.1) is 25.0 Å². The predicted octanol–water partition coefficient (Wildman–Crippen LogP) is 2.04. The van der Waals surface area contributed by atoms with Crippen LogP contribution in [0.5, 0.6) is 0 Å². The number of nitrogens with two attached hydrogens (primary N) is 1. The maximum Gasteiger partial charge on any atom is 0.149 e. The van der Waals surface area contributed by atoms with E-state index in [0.29, 0.717) is 6.04 Å². The second-order valence-electron chi connectivity index (χ2n) is 6.60. The van der Waals surface area contributed by atoms with Crippen LogP contribution >= 0.6 is 0 Å². The fraction of sp³-hybridized carbons (Fsp3) is 0.579. The molecular weight excluding hydrogens is 316 g/mol. The monoisotopic (exact) mass is 344 g/mol. The highest BCUT2D eigenvalue weighted by molar-refractivity contribution is 6.52. The highest BCUT2D eigenvalue weighted by atomic mass is 16.5. The Kier molecular flexibility index (Phi) is 6.04. The Morgan fingerprint density at radius 1 is 1.24 bits per heavy atom. The average Bonchev–Trinajstić information content (AvgIpc) is 2.65. The number of allylic oxidation sites excluding steroid dienone is 3. The first-order valence-electron chi connectivity index (χ1n) is 9.06. The van der Waals surface area contributed by atoms with Gasteiger partial charge in [0.2, 0.25) is 0 Å². The Labute approximate surface area is 149 Å². The highest BCUT2D eigenvalue weighted by Crippen LogP contribution is 2.26. The van der Waals surface area contributed by atoms with Gasteiger partial charge in [-0.3, -0.25) is 9.98 Å². The zero-order chi connectivity index (χ0) is 17.6. The number of hydrogen-bond acceptors (Lipinski definition) is 6. The van der Waals surface area contributed by atoms with Gasteiger partial charge in [0.25, 0.3) is 0 Å². The minimum Gasteiger partial charge on any atom is -0.488 e. The van der Waals surface area contributed by atoms with Crippen LogP contribution < -0.4 is 5.73 Å². The standard InChI is InChI=1S/C19H28N4O2/c1-3-22-19-17(21-2)12-15(23-8-10-24-11-9-23)13-18(19)25-16-6-4-14(20)5-7-16/h3,12-14,16H,1,4-11,20H2,2H3/b21-17-,22-19+/t14-,16+. The third kappa shape index (κ3) is 4.38. The fourth-order valence-corrected chi connectivity index (χ4v) is 3.45. The van der Waals surface area contributed by atoms with Crippen LogP contribution in [0.1, 0.15) is 25.7 Å². The molecule has 0 radical (unpaired) electrons. The zero-order valence-electron chi connectivity index (χ0n) is 15.0. The lowest BCUT2D eigenvalue weighted by molar-refractivity contribution is 0.0544. The molecule has 1 saturated carbocycles. The molecule has 6 nitrogen and oxygen atoms in total. The van der Waals surface area contributed by atoms with E-state index < -0.39 is 0 Å². The van der Waals surface area contributed by atoms with Crippen molar-refractivity contribution in [3.8, 4) is 0 Å². The number of ether oxygens (including phenoxy) is 2. The Hall–Kier alpha value is -1.92. The lowest BCUT2D eigenvalue weighted by Crippen LogP contribution is -2.37. The highest BCUT2D eigenvalue weighted by Gasteiger charge is 2.27. The quantitative estimate of drug-likeness (QED) is 0.792. The first-order valence-corrected chi connectivity index (χ1v) is 9.06. The van der Waals surface area contributed by atoms with E-state index in [4.69, 9.17) is 15.2 Å². The third-order valence-electron chi connectivity index (χ3n) is 4.89. The normalized spacial score (nSPS) is 30.9. The van der Waals surface area contributed by atoms with Crippen molar-refractivity contribution < 1.29 is 9.47 Å². The average molecular weight is 344 g/mol. The van der Waals surface area contributed by atoms with Gasteiger partial charge in [0.1, 0.15) is 11.5 Å². The molecular formula is C19H28N4O2. The summed E-state index contributed by atoms with van der Waals surface area (Å²) in [5.41, 5.74) is 8.70. The molecule has 1 aliphatic heterocycles. The van der Waals surface area contributed by atoms with Crippen LogP contribution in [-0.4, -0.2) is 61.8 Å². The summed E-state index contributed by atoms with van der Waals surface area (Å²) >= 11 is 0. The molecule has 2 fully saturated rings. The van der Waals surface area contributed by atoms with E-state index in [2.05, 4.69) is 33.6 Å². The number of nitrogens with zero attached hydrogens (tertiary/aromatic N) is 3. The minimum absolute atomic E-state index is 0.184. The van der Waals surface area contributed by atoms with Crippen molar-refractivity contribution in [3.05, 3.63) is 36.4 Å². The van der Waals surface area contributed by atoms with Gasteiger partial charge >= 0.3 is 0 Å². The summed E-state index contributed by atoms with van der Waals surface area (Å²) in [6, 6.07) is 0.304. The number of morpholine rings is 1. The van der Waals surface area contributed by atoms with Gasteiger partial charge in [0.15, 0.2) is 0 Å². The molecule has 6 heteroatoms. The summed E-state index contributed by atoms with van der Waals surface area (Å²) in [7, 11) is 1.78. The van der Waals surface area contributed by atoms with Gasteiger partial charge in [-0.05, 0) is 31.8 Å². The summed E-state index contributed by atoms with van der Waals surface area (Å²) < 4.78 is 11.8. The molecule has 136 valence electrons. The van der Waals surface area contributed by atoms with E-state index in [0.717, 1.165) is 74.9 Å². The van der Waals surface area contributed by atoms with E-state index in [9.17, 15) is 0 Å². The van der Waals surface area contributed by atoms with Crippen LogP contribution in [0.2, 0.25) is 0 Å². The molecule has 0 aromatic carbocycles. The summed E-state index contributed by atoms with van der Waals surface area (Å²) in [5.74, 6) is 0.782. The van der Waals surface area contributed by atoms with E-state index >= 15 is 0 Å². The van der Waals surface area contributed by atoms with Crippen molar-refractivity contribution >= 4 is 11.4 Å². The van der Waals surface area contributed by atoms with Crippen LogP contribution in [0.15, 0.2) is 46.4 Å². The molecule has 0 atom stereocenters. The zero-order valence-corrected chi connectivity index (χ0v) is 15.0. The third-order valence-corrected chi connectivity index (χ3v) is 4.89. The van der Waals surface area contributed by atoms with Gasteiger partial charge in [-0.15, -0.1) is 0 Å². The minimum atomic E-state index is 0.184. The molecule has 0 amide bonds. The van der Waals surface area contributed by atoms with Gasteiger partial charge < -0.3 is 20.1 Å². The summed E-state index contributed by atoms with van der Waals surface area (Å²) in [6.07, 6.45) is 9.85. The molecule has 3 rings (SSSR count). The van der Waals surface area contributed by atoms with Crippen LogP contribution in [0.4, 0.5) is 0 Å². The van der Waals surface area contributed by atoms with Crippen LogP contribution in [-0.2, 0) is 9.47 Å². The fourth-order valence-electron chi connectivity index (χ4n) is 3.45. The van der Waals surface area contributed by atoms with E-state index in [1.165, 1.54) is 0 Å². The van der Waals surface area contributed by atoms with Gasteiger partial charge in [0, 0.05) is 44.2 Å². The second-order valence-corrected chi connectivity index (χ2v) is 6.60. The Morgan fingerprint density at radius 2 is 1.96 bits per heavy atom. The lowest BCUT2D eigenvalue weighted by Gasteiger charge is -2.33. The van der Waals surface area contributed by atoms with Gasteiger partial charge in [-0.25, -0.2) is 0 Å². The van der Waals surface area contributed by atoms with Crippen molar-refractivity contribution in [2.75, 3.05) is 33.4 Å². The Bertz CT molecular complexity index is 607. The van der Waals surface area contributed by atoms with Crippen molar-refractivity contribution in [1.29, 1.82) is 0 Å². The first kappa shape index (κ1) is 17.9. The first-order chi connectivity index (χ1) is 12.2. The largest absolute Gasteiger partial charge is 0.488 e. The second kappa shape index (κ2) is 8.45. The summed E-state index contributed by atoms with van der Waals surface area (Å²) in [4.78, 5) is 11.1. The molecule has 0 aromatic rings. The molecule has 2 aliphatic carbocycles. The van der Waals surface area contributed by atoms with Crippen LogP contribution in [0.3, 0.4) is 0 Å². The Balaban J connectivity index is 1.84. The predicted molar refractivity (Wildman–Crippen MR) is 101 cm³/mol. The maximum absolute atomic E-state index is 6.35. The molecule has 0 unspecified atom stereocenters. The van der Waals surface area contributed by atoms with Crippen LogP contribution in [0.25, 0.3) is 0 Å². The molecule has 2 N–H and O–H groups in total.